The molecule has 0 aromatic carbocycles. The first-order chi connectivity index (χ1) is 7.72. The molecule has 16 heavy (non-hydrogen) atoms. The van der Waals surface area contributed by atoms with Crippen molar-refractivity contribution < 1.29 is 4.42 Å². The van der Waals surface area contributed by atoms with Crippen LogP contribution in [0.1, 0.15) is 12.5 Å². The summed E-state index contributed by atoms with van der Waals surface area (Å²) >= 11 is 3.29. The van der Waals surface area contributed by atoms with Crippen molar-refractivity contribution in [2.45, 2.75) is 13.5 Å². The SMILES string of the molecule is C=C(Br)CNC(=NCc1ccoc1)NCC. The van der Waals surface area contributed by atoms with Crippen molar-refractivity contribution in [1.29, 1.82) is 0 Å². The summed E-state index contributed by atoms with van der Waals surface area (Å²) in [5, 5.41) is 6.29. The topological polar surface area (TPSA) is 49.6 Å². The molecule has 0 atom stereocenters. The summed E-state index contributed by atoms with van der Waals surface area (Å²) in [6.07, 6.45) is 3.34. The Bertz CT molecular complexity index is 346. The lowest BCUT2D eigenvalue weighted by Crippen LogP contribution is -2.37. The van der Waals surface area contributed by atoms with Crippen LogP contribution in [0.25, 0.3) is 0 Å². The minimum absolute atomic E-state index is 0.598. The van der Waals surface area contributed by atoms with Crippen LogP contribution in [-0.4, -0.2) is 19.0 Å². The van der Waals surface area contributed by atoms with E-state index in [4.69, 9.17) is 4.42 Å². The molecule has 1 heterocycles. The molecule has 0 amide bonds. The van der Waals surface area contributed by atoms with E-state index in [0.29, 0.717) is 13.1 Å². The number of nitrogens with one attached hydrogen (secondary N) is 2. The van der Waals surface area contributed by atoms with Gasteiger partial charge in [0.05, 0.1) is 19.1 Å². The van der Waals surface area contributed by atoms with Gasteiger partial charge in [-0.3, -0.25) is 0 Å². The summed E-state index contributed by atoms with van der Waals surface area (Å²) < 4.78 is 5.86. The number of hydrogen-bond donors (Lipinski definition) is 2. The molecule has 0 unspecified atom stereocenters. The van der Waals surface area contributed by atoms with Gasteiger partial charge in [0, 0.05) is 23.1 Å². The maximum absolute atomic E-state index is 4.97. The monoisotopic (exact) mass is 285 g/mol. The second kappa shape index (κ2) is 7.11. The number of furan rings is 1. The van der Waals surface area contributed by atoms with Gasteiger partial charge in [-0.25, -0.2) is 4.99 Å². The highest BCUT2D eigenvalue weighted by atomic mass is 79.9. The minimum Gasteiger partial charge on any atom is -0.472 e. The maximum Gasteiger partial charge on any atom is 0.191 e. The molecule has 0 fully saturated rings. The van der Waals surface area contributed by atoms with Crippen LogP contribution >= 0.6 is 15.9 Å². The number of nitrogens with zero attached hydrogens (tertiary/aromatic N) is 1. The normalized spacial score (nSPS) is 11.2. The zero-order chi connectivity index (χ0) is 11.8. The molecule has 0 radical (unpaired) electrons. The van der Waals surface area contributed by atoms with Gasteiger partial charge in [0.15, 0.2) is 5.96 Å². The predicted molar refractivity (Wildman–Crippen MR) is 69.6 cm³/mol. The van der Waals surface area contributed by atoms with Crippen molar-refractivity contribution in [2.24, 2.45) is 4.99 Å². The quantitative estimate of drug-likeness (QED) is 0.644. The van der Waals surface area contributed by atoms with Crippen LogP contribution in [0.15, 0.2) is 39.1 Å². The summed E-state index contributed by atoms with van der Waals surface area (Å²) in [6, 6.07) is 1.90. The first-order valence-corrected chi connectivity index (χ1v) is 5.88. The fourth-order valence-electron chi connectivity index (χ4n) is 1.07. The zero-order valence-corrected chi connectivity index (χ0v) is 10.9. The van der Waals surface area contributed by atoms with Crippen molar-refractivity contribution in [1.82, 2.24) is 10.6 Å². The molecular formula is C11H16BrN3O. The average Bonchev–Trinajstić information content (AvgIpc) is 2.75. The van der Waals surface area contributed by atoms with Crippen LogP contribution < -0.4 is 10.6 Å². The third-order valence-electron chi connectivity index (χ3n) is 1.79. The van der Waals surface area contributed by atoms with Crippen molar-refractivity contribution in [2.75, 3.05) is 13.1 Å². The Morgan fingerprint density at radius 1 is 1.56 bits per heavy atom. The van der Waals surface area contributed by atoms with Gasteiger partial charge in [-0.05, 0) is 13.0 Å². The van der Waals surface area contributed by atoms with Crippen molar-refractivity contribution >= 4 is 21.9 Å². The van der Waals surface area contributed by atoms with E-state index < -0.39 is 0 Å². The van der Waals surface area contributed by atoms with Gasteiger partial charge in [0.25, 0.3) is 0 Å². The lowest BCUT2D eigenvalue weighted by Gasteiger charge is -2.09. The average molecular weight is 286 g/mol. The molecule has 4 nitrogen and oxygen atoms in total. The number of halogens is 1. The summed E-state index contributed by atoms with van der Waals surface area (Å²) in [7, 11) is 0. The highest BCUT2D eigenvalue weighted by Gasteiger charge is 1.98. The van der Waals surface area contributed by atoms with Gasteiger partial charge in [0.2, 0.25) is 0 Å². The third-order valence-corrected chi connectivity index (χ3v) is 2.07. The molecule has 1 aromatic heterocycles. The number of hydrogen-bond acceptors (Lipinski definition) is 2. The van der Waals surface area contributed by atoms with Crippen LogP contribution in [0.3, 0.4) is 0 Å². The standard InChI is InChI=1S/C11H16BrN3O/c1-3-13-11(14-6-9(2)12)15-7-10-4-5-16-8-10/h4-5,8H,2-3,6-7H2,1H3,(H2,13,14,15). The van der Waals surface area contributed by atoms with Crippen LogP contribution in [0.2, 0.25) is 0 Å². The Hall–Kier alpha value is -1.23. The minimum atomic E-state index is 0.598. The molecular weight excluding hydrogens is 270 g/mol. The van der Waals surface area contributed by atoms with E-state index >= 15 is 0 Å². The van der Waals surface area contributed by atoms with Crippen molar-refractivity contribution in [3.8, 4) is 0 Å². The molecule has 1 aromatic rings. The lowest BCUT2D eigenvalue weighted by molar-refractivity contribution is 0.564. The molecule has 2 N–H and O–H groups in total. The molecule has 0 spiro atoms. The number of guanidine groups is 1. The van der Waals surface area contributed by atoms with E-state index in [1.54, 1.807) is 12.5 Å². The molecule has 0 saturated carbocycles. The third kappa shape index (κ3) is 5.02. The van der Waals surface area contributed by atoms with Gasteiger partial charge in [-0.2, -0.15) is 0 Å². The summed E-state index contributed by atoms with van der Waals surface area (Å²) in [6.45, 7) is 7.85. The van der Waals surface area contributed by atoms with Gasteiger partial charge < -0.3 is 15.1 Å². The van der Waals surface area contributed by atoms with Crippen LogP contribution in [0.4, 0.5) is 0 Å². The van der Waals surface area contributed by atoms with Gasteiger partial charge >= 0.3 is 0 Å². The first kappa shape index (κ1) is 12.8. The fourth-order valence-corrected chi connectivity index (χ4v) is 1.21. The first-order valence-electron chi connectivity index (χ1n) is 5.09. The maximum atomic E-state index is 4.97. The summed E-state index contributed by atoms with van der Waals surface area (Å²) in [5.74, 6) is 0.768. The van der Waals surface area contributed by atoms with Crippen LogP contribution in [-0.2, 0) is 6.54 Å². The fraction of sp³-hybridized carbons (Fsp3) is 0.364. The number of rotatable bonds is 5. The lowest BCUT2D eigenvalue weighted by atomic mass is 10.3. The van der Waals surface area contributed by atoms with E-state index in [1.165, 1.54) is 0 Å². The Labute approximate surface area is 104 Å². The van der Waals surface area contributed by atoms with Gasteiger partial charge in [-0.15, -0.1) is 0 Å². The van der Waals surface area contributed by atoms with Gasteiger partial charge in [-0.1, -0.05) is 22.5 Å². The molecule has 0 aliphatic carbocycles. The van der Waals surface area contributed by atoms with Gasteiger partial charge in [0.1, 0.15) is 0 Å². The van der Waals surface area contributed by atoms with Crippen LogP contribution in [0.5, 0.6) is 0 Å². The van der Waals surface area contributed by atoms with E-state index in [0.717, 1.165) is 22.6 Å². The number of aliphatic imine (C=N–C) groups is 1. The molecule has 0 saturated heterocycles. The molecule has 0 aliphatic rings. The Morgan fingerprint density at radius 2 is 2.38 bits per heavy atom. The van der Waals surface area contributed by atoms with E-state index in [1.807, 2.05) is 13.0 Å². The second-order valence-corrected chi connectivity index (χ2v) is 4.32. The zero-order valence-electron chi connectivity index (χ0n) is 9.29. The van der Waals surface area contributed by atoms with E-state index in [-0.39, 0.29) is 0 Å². The highest BCUT2D eigenvalue weighted by molar-refractivity contribution is 9.11. The molecule has 0 aliphatic heterocycles. The van der Waals surface area contributed by atoms with E-state index in [9.17, 15) is 0 Å². The Balaban J connectivity index is 2.47. The smallest absolute Gasteiger partial charge is 0.191 e. The van der Waals surface area contributed by atoms with Crippen molar-refractivity contribution in [3.63, 3.8) is 0 Å². The molecule has 88 valence electrons. The second-order valence-electron chi connectivity index (χ2n) is 3.20. The molecule has 1 rings (SSSR count). The molecule has 0 bridgehead atoms. The van der Waals surface area contributed by atoms with Crippen molar-refractivity contribution in [3.05, 3.63) is 35.2 Å². The highest BCUT2D eigenvalue weighted by Crippen LogP contribution is 2.01. The largest absolute Gasteiger partial charge is 0.472 e. The summed E-state index contributed by atoms with van der Waals surface area (Å²) in [4.78, 5) is 4.40. The van der Waals surface area contributed by atoms with E-state index in [2.05, 4.69) is 38.1 Å². The Kier molecular flexibility index (Phi) is 5.71. The van der Waals surface area contributed by atoms with Crippen LogP contribution in [0, 0.1) is 0 Å². The predicted octanol–water partition coefficient (Wildman–Crippen LogP) is 2.24. The Morgan fingerprint density at radius 3 is 2.94 bits per heavy atom. The molecule has 5 heteroatoms. The summed E-state index contributed by atoms with van der Waals surface area (Å²) in [5.41, 5.74) is 1.05.